The van der Waals surface area contributed by atoms with Crippen LogP contribution in [0.15, 0.2) is 12.2 Å². The van der Waals surface area contributed by atoms with Crippen molar-refractivity contribution in [1.29, 1.82) is 0 Å². The molecule has 50 valence electrons. The predicted molar refractivity (Wildman–Crippen MR) is 35.9 cm³/mol. The molecule has 2 heteroatoms. The number of carbonyl (C=O) groups excluding carboxylic acids is 1. The topological polar surface area (TPSA) is 43.1 Å². The number of ketones is 1. The van der Waals surface area contributed by atoms with Gasteiger partial charge in [0, 0.05) is 12.5 Å². The molecule has 1 aliphatic carbocycles. The van der Waals surface area contributed by atoms with E-state index in [2.05, 4.69) is 0 Å². The van der Waals surface area contributed by atoms with E-state index < -0.39 is 0 Å². The van der Waals surface area contributed by atoms with Crippen LogP contribution in [0.1, 0.15) is 12.8 Å². The summed E-state index contributed by atoms with van der Waals surface area (Å²) in [7, 11) is 0. The van der Waals surface area contributed by atoms with Crippen LogP contribution in [0.3, 0.4) is 0 Å². The number of hydrogen-bond donors (Lipinski definition) is 1. The largest absolute Gasteiger partial charge is 0.330 e. The zero-order valence-electron chi connectivity index (χ0n) is 5.34. The molecule has 2 N–H and O–H groups in total. The number of nitrogens with two attached hydrogens (primary N) is 1. The molecule has 1 unspecified atom stereocenters. The lowest BCUT2D eigenvalue weighted by molar-refractivity contribution is -0.118. The van der Waals surface area contributed by atoms with E-state index in [1.165, 1.54) is 0 Å². The molecule has 0 radical (unpaired) electrons. The van der Waals surface area contributed by atoms with Crippen LogP contribution in [0.5, 0.6) is 0 Å². The van der Waals surface area contributed by atoms with Gasteiger partial charge in [-0.25, -0.2) is 0 Å². The van der Waals surface area contributed by atoms with Crippen molar-refractivity contribution in [2.75, 3.05) is 6.54 Å². The van der Waals surface area contributed by atoms with Gasteiger partial charge in [-0.2, -0.15) is 0 Å². The van der Waals surface area contributed by atoms with Crippen molar-refractivity contribution in [3.8, 4) is 0 Å². The molecule has 0 spiro atoms. The SMILES string of the molecule is NCC1CCC=CC1=O. The van der Waals surface area contributed by atoms with Gasteiger partial charge in [0.05, 0.1) is 0 Å². The Balaban J connectivity index is 2.55. The highest BCUT2D eigenvalue weighted by Gasteiger charge is 2.15. The fourth-order valence-electron chi connectivity index (χ4n) is 1.01. The maximum atomic E-state index is 10.9. The maximum Gasteiger partial charge on any atom is 0.159 e. The smallest absolute Gasteiger partial charge is 0.159 e. The van der Waals surface area contributed by atoms with Gasteiger partial charge >= 0.3 is 0 Å². The monoisotopic (exact) mass is 125 g/mol. The lowest BCUT2D eigenvalue weighted by Gasteiger charge is -2.12. The van der Waals surface area contributed by atoms with Crippen LogP contribution in [0.25, 0.3) is 0 Å². The van der Waals surface area contributed by atoms with Gasteiger partial charge in [0.2, 0.25) is 0 Å². The molecular formula is C7H11NO. The Labute approximate surface area is 54.7 Å². The van der Waals surface area contributed by atoms with Crippen LogP contribution in [-0.2, 0) is 4.79 Å². The first-order valence-electron chi connectivity index (χ1n) is 3.25. The number of carbonyl (C=O) groups is 1. The Morgan fingerprint density at radius 2 is 2.56 bits per heavy atom. The fraction of sp³-hybridized carbons (Fsp3) is 0.571. The van der Waals surface area contributed by atoms with Crippen molar-refractivity contribution in [3.05, 3.63) is 12.2 Å². The van der Waals surface area contributed by atoms with E-state index in [0.29, 0.717) is 6.54 Å². The van der Waals surface area contributed by atoms with Crippen LogP contribution in [0.4, 0.5) is 0 Å². The lowest BCUT2D eigenvalue weighted by Crippen LogP contribution is -2.23. The Hall–Kier alpha value is -0.630. The molecule has 0 aliphatic heterocycles. The van der Waals surface area contributed by atoms with E-state index >= 15 is 0 Å². The number of rotatable bonds is 1. The molecule has 0 bridgehead atoms. The van der Waals surface area contributed by atoms with E-state index in [1.54, 1.807) is 6.08 Å². The van der Waals surface area contributed by atoms with Crippen LogP contribution in [0, 0.1) is 5.92 Å². The second-order valence-electron chi connectivity index (χ2n) is 2.31. The summed E-state index contributed by atoms with van der Waals surface area (Å²) in [5, 5.41) is 0. The molecule has 2 nitrogen and oxygen atoms in total. The third-order valence-electron chi connectivity index (χ3n) is 1.65. The van der Waals surface area contributed by atoms with Gasteiger partial charge in [0.15, 0.2) is 5.78 Å². The minimum atomic E-state index is 0.106. The molecule has 9 heavy (non-hydrogen) atoms. The molecule has 0 amide bonds. The molecule has 0 saturated heterocycles. The van der Waals surface area contributed by atoms with Crippen molar-refractivity contribution < 1.29 is 4.79 Å². The molecule has 0 aromatic rings. The van der Waals surface area contributed by atoms with E-state index in [4.69, 9.17) is 5.73 Å². The van der Waals surface area contributed by atoms with Crippen LogP contribution >= 0.6 is 0 Å². The summed E-state index contributed by atoms with van der Waals surface area (Å²) in [6, 6.07) is 0. The minimum absolute atomic E-state index is 0.106. The second-order valence-corrected chi connectivity index (χ2v) is 2.31. The van der Waals surface area contributed by atoms with Gasteiger partial charge in [-0.15, -0.1) is 0 Å². The van der Waals surface area contributed by atoms with Crippen molar-refractivity contribution >= 4 is 5.78 Å². The average molecular weight is 125 g/mol. The average Bonchev–Trinajstić information content (AvgIpc) is 1.89. The van der Waals surface area contributed by atoms with Gasteiger partial charge in [-0.1, -0.05) is 6.08 Å². The Bertz CT molecular complexity index is 140. The van der Waals surface area contributed by atoms with Crippen molar-refractivity contribution in [1.82, 2.24) is 0 Å². The third-order valence-corrected chi connectivity index (χ3v) is 1.65. The van der Waals surface area contributed by atoms with Crippen molar-refractivity contribution in [3.63, 3.8) is 0 Å². The molecule has 0 fully saturated rings. The maximum absolute atomic E-state index is 10.9. The molecule has 0 aromatic heterocycles. The highest BCUT2D eigenvalue weighted by Crippen LogP contribution is 2.12. The van der Waals surface area contributed by atoms with Crippen LogP contribution in [0.2, 0.25) is 0 Å². The van der Waals surface area contributed by atoms with Crippen molar-refractivity contribution in [2.24, 2.45) is 11.7 Å². The molecule has 0 aromatic carbocycles. The Morgan fingerprint density at radius 3 is 3.00 bits per heavy atom. The zero-order valence-corrected chi connectivity index (χ0v) is 5.34. The van der Waals surface area contributed by atoms with E-state index in [9.17, 15) is 4.79 Å². The van der Waals surface area contributed by atoms with Gasteiger partial charge < -0.3 is 5.73 Å². The van der Waals surface area contributed by atoms with Gasteiger partial charge in [0.25, 0.3) is 0 Å². The first-order chi connectivity index (χ1) is 4.34. The molecule has 1 atom stereocenters. The Kier molecular flexibility index (Phi) is 2.01. The number of hydrogen-bond acceptors (Lipinski definition) is 2. The fourth-order valence-corrected chi connectivity index (χ4v) is 1.01. The number of allylic oxidation sites excluding steroid dienone is 2. The van der Waals surface area contributed by atoms with Gasteiger partial charge in [0.1, 0.15) is 0 Å². The molecular weight excluding hydrogens is 114 g/mol. The zero-order chi connectivity index (χ0) is 6.69. The van der Waals surface area contributed by atoms with Crippen LogP contribution < -0.4 is 5.73 Å². The summed E-state index contributed by atoms with van der Waals surface area (Å²) in [4.78, 5) is 10.9. The van der Waals surface area contributed by atoms with E-state index in [1.807, 2.05) is 6.08 Å². The summed E-state index contributed by atoms with van der Waals surface area (Å²) in [5.41, 5.74) is 5.34. The normalized spacial score (nSPS) is 26.8. The standard InChI is InChI=1S/C7H11NO/c8-5-6-3-1-2-4-7(6)9/h2,4,6H,1,3,5,8H2. The summed E-state index contributed by atoms with van der Waals surface area (Å²) in [5.74, 6) is 0.304. The van der Waals surface area contributed by atoms with Gasteiger partial charge in [-0.3, -0.25) is 4.79 Å². The summed E-state index contributed by atoms with van der Waals surface area (Å²) in [6.45, 7) is 0.503. The van der Waals surface area contributed by atoms with Crippen LogP contribution in [-0.4, -0.2) is 12.3 Å². The highest BCUT2D eigenvalue weighted by atomic mass is 16.1. The lowest BCUT2D eigenvalue weighted by atomic mass is 9.93. The van der Waals surface area contributed by atoms with Crippen molar-refractivity contribution in [2.45, 2.75) is 12.8 Å². The molecule has 0 heterocycles. The first-order valence-corrected chi connectivity index (χ1v) is 3.25. The predicted octanol–water partition coefficient (Wildman–Crippen LogP) is 0.480. The summed E-state index contributed by atoms with van der Waals surface area (Å²) < 4.78 is 0. The molecule has 1 rings (SSSR count). The highest BCUT2D eigenvalue weighted by molar-refractivity contribution is 5.92. The molecule has 1 aliphatic rings. The summed E-state index contributed by atoms with van der Waals surface area (Å²) >= 11 is 0. The second kappa shape index (κ2) is 2.78. The Morgan fingerprint density at radius 1 is 1.78 bits per heavy atom. The quantitative estimate of drug-likeness (QED) is 0.554. The third kappa shape index (κ3) is 1.39. The minimum Gasteiger partial charge on any atom is -0.330 e. The van der Waals surface area contributed by atoms with Gasteiger partial charge in [-0.05, 0) is 18.9 Å². The van der Waals surface area contributed by atoms with E-state index in [0.717, 1.165) is 12.8 Å². The van der Waals surface area contributed by atoms with E-state index in [-0.39, 0.29) is 11.7 Å². The summed E-state index contributed by atoms with van der Waals surface area (Å²) in [6.07, 6.45) is 5.50. The molecule has 0 saturated carbocycles. The first kappa shape index (κ1) is 6.49.